The minimum Gasteiger partial charge on any atom is -0.508 e. The molecule has 4 atom stereocenters. The number of benzene rings is 2. The molecule has 5 amide bonds. The number of phenolic OH excluding ortho intramolecular Hbond substituents is 1. The van der Waals surface area contributed by atoms with Crippen molar-refractivity contribution in [2.45, 2.75) is 44.6 Å². The summed E-state index contributed by atoms with van der Waals surface area (Å²) in [7, 11) is 0. The fraction of sp³-hybridized carbons (Fsp3) is 0.475. The van der Waals surface area contributed by atoms with Crippen LogP contribution in [0.2, 0.25) is 0 Å². The zero-order valence-electron chi connectivity index (χ0n) is 32.1. The fourth-order valence-corrected chi connectivity index (χ4v) is 7.28. The molecule has 4 N–H and O–H groups in total. The number of carbonyl (C=O) groups is 4. The summed E-state index contributed by atoms with van der Waals surface area (Å²) in [6.45, 7) is 3.13. The van der Waals surface area contributed by atoms with Crippen molar-refractivity contribution in [3.8, 4) is 17.0 Å². The standard InChI is InChI=1S/C40H48F3N7O8/c1-25(24-58-40(55)45-11-15-57-16-12-49-35(52)7-8-36(49)53)46-39(54)50(22-28-19-44-20-33(28)43)37(27-9-13-56-14-10-27)38-47-34(31-18-29(41)5-6-32(31)42)23-48(38)21-26-3-2-4-30(51)17-26/h2-8,17-18,23,25,27-28,33,37,44,51H,9-16,19-22,24H2,1H3,(H,45,55)(H,46,54)/t25-,28-,33-,37+/m0/s1. The first kappa shape index (κ1) is 42.2. The van der Waals surface area contributed by atoms with Gasteiger partial charge in [-0.05, 0) is 61.6 Å². The molecule has 0 saturated carbocycles. The summed E-state index contributed by atoms with van der Waals surface area (Å²) in [6.07, 6.45) is 2.98. The lowest BCUT2D eigenvalue weighted by atomic mass is 9.89. The van der Waals surface area contributed by atoms with E-state index in [0.717, 1.165) is 23.1 Å². The van der Waals surface area contributed by atoms with Gasteiger partial charge in [0.1, 0.15) is 36.0 Å². The molecule has 0 spiro atoms. The van der Waals surface area contributed by atoms with Crippen LogP contribution in [0.1, 0.15) is 37.2 Å². The van der Waals surface area contributed by atoms with Crippen LogP contribution in [0.3, 0.4) is 0 Å². The first-order valence-corrected chi connectivity index (χ1v) is 19.3. The van der Waals surface area contributed by atoms with Crippen LogP contribution in [0.5, 0.6) is 5.75 Å². The number of urea groups is 1. The van der Waals surface area contributed by atoms with Crippen molar-refractivity contribution in [2.75, 3.05) is 65.8 Å². The van der Waals surface area contributed by atoms with E-state index in [-0.39, 0.29) is 75.5 Å². The minimum atomic E-state index is -1.25. The average Bonchev–Trinajstić information content (AvgIpc) is 3.90. The van der Waals surface area contributed by atoms with Gasteiger partial charge in [0.25, 0.3) is 11.8 Å². The normalized spacial score (nSPS) is 19.3. The molecule has 4 heterocycles. The van der Waals surface area contributed by atoms with Crippen LogP contribution < -0.4 is 16.0 Å². The smallest absolute Gasteiger partial charge is 0.407 e. The molecule has 3 aromatic rings. The quantitative estimate of drug-likeness (QED) is 0.116. The highest BCUT2D eigenvalue weighted by Gasteiger charge is 2.40. The lowest BCUT2D eigenvalue weighted by Gasteiger charge is -2.40. The summed E-state index contributed by atoms with van der Waals surface area (Å²) < 4.78 is 63.2. The summed E-state index contributed by atoms with van der Waals surface area (Å²) >= 11 is 0. The summed E-state index contributed by atoms with van der Waals surface area (Å²) in [5.41, 5.74) is 0.728. The maximum Gasteiger partial charge on any atom is 0.407 e. The van der Waals surface area contributed by atoms with Crippen molar-refractivity contribution >= 4 is 23.9 Å². The molecule has 15 nitrogen and oxygen atoms in total. The van der Waals surface area contributed by atoms with Crippen LogP contribution >= 0.6 is 0 Å². The number of hydrogen-bond acceptors (Lipinski definition) is 10. The third-order valence-corrected chi connectivity index (χ3v) is 10.2. The van der Waals surface area contributed by atoms with Crippen molar-refractivity contribution in [1.29, 1.82) is 0 Å². The molecule has 58 heavy (non-hydrogen) atoms. The van der Waals surface area contributed by atoms with Gasteiger partial charge in [-0.25, -0.2) is 27.7 Å². The number of imidazole rings is 1. The summed E-state index contributed by atoms with van der Waals surface area (Å²) in [5.74, 6) is -2.61. The van der Waals surface area contributed by atoms with Gasteiger partial charge in [-0.3, -0.25) is 14.5 Å². The van der Waals surface area contributed by atoms with Gasteiger partial charge >= 0.3 is 12.1 Å². The number of amides is 5. The van der Waals surface area contributed by atoms with E-state index < -0.39 is 59.7 Å². The Morgan fingerprint density at radius 2 is 1.86 bits per heavy atom. The third-order valence-electron chi connectivity index (χ3n) is 10.2. The highest BCUT2D eigenvalue weighted by Crippen LogP contribution is 2.38. The number of halogens is 3. The number of aromatic nitrogens is 2. The molecular formula is C40H48F3N7O8. The van der Waals surface area contributed by atoms with E-state index in [1.807, 2.05) is 0 Å². The molecule has 18 heteroatoms. The Morgan fingerprint density at radius 3 is 2.59 bits per heavy atom. The van der Waals surface area contributed by atoms with Crippen LogP contribution in [0, 0.1) is 23.5 Å². The number of aromatic hydroxyl groups is 1. The number of imide groups is 1. The van der Waals surface area contributed by atoms with Gasteiger partial charge in [-0.2, -0.15) is 0 Å². The van der Waals surface area contributed by atoms with E-state index in [2.05, 4.69) is 16.0 Å². The highest BCUT2D eigenvalue weighted by atomic mass is 19.1. The summed E-state index contributed by atoms with van der Waals surface area (Å²) in [4.78, 5) is 57.7. The van der Waals surface area contributed by atoms with E-state index in [9.17, 15) is 28.7 Å². The second kappa shape index (κ2) is 19.8. The monoisotopic (exact) mass is 811 g/mol. The number of alkyl halides is 1. The Hall–Kier alpha value is -5.46. The number of hydrogen-bond donors (Lipinski definition) is 4. The first-order valence-electron chi connectivity index (χ1n) is 19.3. The second-order valence-corrected chi connectivity index (χ2v) is 14.5. The zero-order chi connectivity index (χ0) is 41.2. The predicted molar refractivity (Wildman–Crippen MR) is 203 cm³/mol. The zero-order valence-corrected chi connectivity index (χ0v) is 32.1. The number of alkyl carbamates (subject to hydrolysis) is 1. The number of phenols is 1. The topological polar surface area (TPSA) is 177 Å². The molecule has 6 rings (SSSR count). The first-order chi connectivity index (χ1) is 28.0. The maximum atomic E-state index is 15.3. The Balaban J connectivity index is 1.20. The van der Waals surface area contributed by atoms with E-state index >= 15 is 8.78 Å². The number of ether oxygens (including phenoxy) is 3. The van der Waals surface area contributed by atoms with E-state index in [1.54, 1.807) is 40.8 Å². The Morgan fingerprint density at radius 1 is 1.09 bits per heavy atom. The van der Waals surface area contributed by atoms with Gasteiger partial charge < -0.3 is 44.7 Å². The summed E-state index contributed by atoms with van der Waals surface area (Å²) in [6, 6.07) is 7.58. The fourth-order valence-electron chi connectivity index (χ4n) is 7.28. The lowest BCUT2D eigenvalue weighted by Crippen LogP contribution is -2.52. The van der Waals surface area contributed by atoms with Crippen LogP contribution in [0.15, 0.2) is 60.8 Å². The molecule has 1 aromatic heterocycles. The third kappa shape index (κ3) is 10.9. The average molecular weight is 812 g/mol. The lowest BCUT2D eigenvalue weighted by molar-refractivity contribution is -0.137. The molecular weight excluding hydrogens is 763 g/mol. The molecule has 2 aromatic carbocycles. The van der Waals surface area contributed by atoms with Crippen LogP contribution in [-0.2, 0) is 30.3 Å². The number of carbonyl (C=O) groups excluding carboxylic acids is 4. The molecule has 312 valence electrons. The number of rotatable bonds is 17. The Bertz CT molecular complexity index is 1940. The number of nitrogens with one attached hydrogen (secondary N) is 3. The molecule has 2 saturated heterocycles. The maximum absolute atomic E-state index is 15.3. The van der Waals surface area contributed by atoms with Crippen molar-refractivity contribution in [1.82, 2.24) is 35.3 Å². The van der Waals surface area contributed by atoms with Crippen molar-refractivity contribution < 1.29 is 51.7 Å². The molecule has 0 unspecified atom stereocenters. The van der Waals surface area contributed by atoms with Gasteiger partial charge in [0.05, 0.1) is 37.5 Å². The molecule has 0 aliphatic carbocycles. The molecule has 3 aliphatic rings. The largest absolute Gasteiger partial charge is 0.508 e. The van der Waals surface area contributed by atoms with Gasteiger partial charge in [0, 0.05) is 75.8 Å². The highest BCUT2D eigenvalue weighted by molar-refractivity contribution is 6.12. The van der Waals surface area contributed by atoms with Crippen molar-refractivity contribution in [3.63, 3.8) is 0 Å². The van der Waals surface area contributed by atoms with Gasteiger partial charge in [-0.1, -0.05) is 12.1 Å². The van der Waals surface area contributed by atoms with Gasteiger partial charge in [0.15, 0.2) is 0 Å². The Kier molecular flexibility index (Phi) is 14.4. The molecule has 3 aliphatic heterocycles. The van der Waals surface area contributed by atoms with Crippen LogP contribution in [0.4, 0.5) is 22.8 Å². The molecule has 0 bridgehead atoms. The van der Waals surface area contributed by atoms with E-state index in [0.29, 0.717) is 44.0 Å². The van der Waals surface area contributed by atoms with Crippen LogP contribution in [-0.4, -0.2) is 126 Å². The second-order valence-electron chi connectivity index (χ2n) is 14.5. The molecule has 0 radical (unpaired) electrons. The van der Waals surface area contributed by atoms with Crippen molar-refractivity contribution in [2.24, 2.45) is 11.8 Å². The van der Waals surface area contributed by atoms with Crippen LogP contribution in [0.25, 0.3) is 11.3 Å². The SMILES string of the molecule is C[C@@H](COC(=O)NCCOCCN1C(=O)C=CC1=O)NC(=O)N(C[C@@H]1CNC[C@@H]1F)[C@@H](c1nc(-c2cc(F)ccc2F)cn1Cc1cccc(O)c1)C1CCOCC1. The predicted octanol–water partition coefficient (Wildman–Crippen LogP) is 3.68. The number of nitrogens with zero attached hydrogens (tertiary/aromatic N) is 4. The van der Waals surface area contributed by atoms with Crippen molar-refractivity contribution in [3.05, 3.63) is 83.8 Å². The minimum absolute atomic E-state index is 0.0185. The van der Waals surface area contributed by atoms with Gasteiger partial charge in [0.2, 0.25) is 0 Å². The van der Waals surface area contributed by atoms with E-state index in [1.165, 1.54) is 18.2 Å². The summed E-state index contributed by atoms with van der Waals surface area (Å²) in [5, 5.41) is 18.8. The van der Waals surface area contributed by atoms with Gasteiger partial charge in [-0.15, -0.1) is 0 Å². The molecule has 2 fully saturated rings. The Labute approximate surface area is 333 Å². The van der Waals surface area contributed by atoms with E-state index in [4.69, 9.17) is 19.2 Å².